The molecular weight excluding hydrogens is 304 g/mol. The zero-order valence-electron chi connectivity index (χ0n) is 10.9. The number of thiophene rings is 1. The molecule has 2 heterocycles. The molecule has 0 radical (unpaired) electrons. The van der Waals surface area contributed by atoms with E-state index in [9.17, 15) is 13.2 Å². The van der Waals surface area contributed by atoms with Crippen molar-refractivity contribution in [1.29, 1.82) is 0 Å². The van der Waals surface area contributed by atoms with Gasteiger partial charge in [-0.1, -0.05) is 5.16 Å². The molecule has 0 bridgehead atoms. The molecule has 0 unspecified atom stereocenters. The minimum atomic E-state index is -3.90. The SMILES string of the molecule is Cc1noc(NS(=O)(=O)c2cc(C(=O)O)sc2C)c1C. The number of aryl methyl sites for hydroxylation is 2. The third kappa shape index (κ3) is 2.54. The fourth-order valence-corrected chi connectivity index (χ4v) is 4.00. The van der Waals surface area contributed by atoms with Gasteiger partial charge in [-0.3, -0.25) is 0 Å². The predicted molar refractivity (Wildman–Crippen MR) is 72.8 cm³/mol. The third-order valence-corrected chi connectivity index (χ3v) is 5.38. The van der Waals surface area contributed by atoms with Gasteiger partial charge in [0, 0.05) is 10.4 Å². The van der Waals surface area contributed by atoms with Gasteiger partial charge in [-0.2, -0.15) is 0 Å². The standard InChI is InChI=1S/C11H12N2O5S2/c1-5-6(2)12-18-10(5)13-20(16,17)9-4-8(11(14)15)19-7(9)3/h4,13H,1-3H3,(H,14,15). The number of carboxylic acids is 1. The highest BCUT2D eigenvalue weighted by Gasteiger charge is 2.24. The summed E-state index contributed by atoms with van der Waals surface area (Å²) in [5.41, 5.74) is 1.16. The van der Waals surface area contributed by atoms with Gasteiger partial charge in [0.05, 0.1) is 5.69 Å². The molecule has 7 nitrogen and oxygen atoms in total. The van der Waals surface area contributed by atoms with Gasteiger partial charge in [0.2, 0.25) is 5.88 Å². The van der Waals surface area contributed by atoms with E-state index in [4.69, 9.17) is 9.63 Å². The molecule has 0 atom stereocenters. The van der Waals surface area contributed by atoms with E-state index in [1.54, 1.807) is 20.8 Å². The summed E-state index contributed by atoms with van der Waals surface area (Å²) in [6.45, 7) is 4.91. The van der Waals surface area contributed by atoms with Gasteiger partial charge in [-0.05, 0) is 26.8 Å². The maximum atomic E-state index is 12.2. The smallest absolute Gasteiger partial charge is 0.345 e. The molecule has 108 valence electrons. The summed E-state index contributed by atoms with van der Waals surface area (Å²) in [6.07, 6.45) is 0. The topological polar surface area (TPSA) is 110 Å². The largest absolute Gasteiger partial charge is 0.477 e. The van der Waals surface area contributed by atoms with Crippen LogP contribution in [0.5, 0.6) is 0 Å². The van der Waals surface area contributed by atoms with Crippen molar-refractivity contribution in [3.63, 3.8) is 0 Å². The molecule has 0 saturated heterocycles. The van der Waals surface area contributed by atoms with Crippen LogP contribution in [0.4, 0.5) is 5.88 Å². The number of carboxylic acid groups (broad SMARTS) is 1. The van der Waals surface area contributed by atoms with E-state index in [0.717, 1.165) is 17.4 Å². The molecule has 2 aromatic rings. The van der Waals surface area contributed by atoms with E-state index in [2.05, 4.69) is 9.88 Å². The number of anilines is 1. The Hall–Kier alpha value is -1.87. The number of sulfonamides is 1. The number of hydrogen-bond donors (Lipinski definition) is 2. The van der Waals surface area contributed by atoms with Crippen molar-refractivity contribution in [2.75, 3.05) is 4.72 Å². The number of nitrogens with zero attached hydrogens (tertiary/aromatic N) is 1. The van der Waals surface area contributed by atoms with Gasteiger partial charge in [0.1, 0.15) is 9.77 Å². The lowest BCUT2D eigenvalue weighted by molar-refractivity contribution is 0.0702. The van der Waals surface area contributed by atoms with E-state index < -0.39 is 16.0 Å². The zero-order valence-corrected chi connectivity index (χ0v) is 12.6. The molecule has 0 amide bonds. The highest BCUT2D eigenvalue weighted by atomic mass is 32.2. The summed E-state index contributed by atoms with van der Waals surface area (Å²) in [5, 5.41) is 12.5. The maximum Gasteiger partial charge on any atom is 0.345 e. The highest BCUT2D eigenvalue weighted by molar-refractivity contribution is 7.93. The average Bonchev–Trinajstić information content (AvgIpc) is 2.87. The van der Waals surface area contributed by atoms with E-state index >= 15 is 0 Å². The number of rotatable bonds is 4. The Bertz CT molecular complexity index is 773. The van der Waals surface area contributed by atoms with Crippen molar-refractivity contribution in [3.05, 3.63) is 27.1 Å². The van der Waals surface area contributed by atoms with Crippen molar-refractivity contribution in [2.24, 2.45) is 0 Å². The molecule has 0 aliphatic heterocycles. The van der Waals surface area contributed by atoms with Gasteiger partial charge in [-0.25, -0.2) is 17.9 Å². The summed E-state index contributed by atoms with van der Waals surface area (Å²) in [5.74, 6) is -1.13. The van der Waals surface area contributed by atoms with Crippen LogP contribution in [0.25, 0.3) is 0 Å². The van der Waals surface area contributed by atoms with E-state index in [0.29, 0.717) is 16.1 Å². The summed E-state index contributed by atoms with van der Waals surface area (Å²) in [4.78, 5) is 11.2. The van der Waals surface area contributed by atoms with Crippen molar-refractivity contribution >= 4 is 33.2 Å². The fourth-order valence-electron chi connectivity index (χ4n) is 1.53. The molecule has 9 heteroatoms. The maximum absolute atomic E-state index is 12.2. The molecule has 0 aliphatic rings. The number of aromatic nitrogens is 1. The first-order valence-electron chi connectivity index (χ1n) is 5.52. The minimum absolute atomic E-state index is 0.0324. The second-order valence-electron chi connectivity index (χ2n) is 4.16. The van der Waals surface area contributed by atoms with Crippen LogP contribution < -0.4 is 4.72 Å². The predicted octanol–water partition coefficient (Wildman–Crippen LogP) is 2.16. The number of carbonyl (C=O) groups is 1. The van der Waals surface area contributed by atoms with E-state index in [1.165, 1.54) is 0 Å². The lowest BCUT2D eigenvalue weighted by Gasteiger charge is -2.04. The Morgan fingerprint density at radius 2 is 2.05 bits per heavy atom. The zero-order chi connectivity index (χ0) is 15.1. The monoisotopic (exact) mass is 316 g/mol. The van der Waals surface area contributed by atoms with Crippen molar-refractivity contribution in [1.82, 2.24) is 5.16 Å². The first-order chi connectivity index (χ1) is 9.22. The summed E-state index contributed by atoms with van der Waals surface area (Å²) < 4.78 is 31.6. The van der Waals surface area contributed by atoms with Gasteiger partial charge in [-0.15, -0.1) is 11.3 Å². The highest BCUT2D eigenvalue weighted by Crippen LogP contribution is 2.28. The lowest BCUT2D eigenvalue weighted by atomic mass is 10.3. The minimum Gasteiger partial charge on any atom is -0.477 e. The Morgan fingerprint density at radius 3 is 2.50 bits per heavy atom. The molecule has 2 N–H and O–H groups in total. The average molecular weight is 316 g/mol. The fraction of sp³-hybridized carbons (Fsp3) is 0.273. The molecule has 0 aliphatic carbocycles. The number of hydrogen-bond acceptors (Lipinski definition) is 6. The van der Waals surface area contributed by atoms with E-state index in [-0.39, 0.29) is 15.7 Å². The molecule has 0 spiro atoms. The number of nitrogens with one attached hydrogen (secondary N) is 1. The van der Waals surface area contributed by atoms with Crippen LogP contribution in [0.15, 0.2) is 15.5 Å². The molecule has 0 aromatic carbocycles. The van der Waals surface area contributed by atoms with Gasteiger partial charge in [0.15, 0.2) is 0 Å². The van der Waals surface area contributed by atoms with Gasteiger partial charge < -0.3 is 9.63 Å². The van der Waals surface area contributed by atoms with Crippen LogP contribution in [-0.2, 0) is 10.0 Å². The van der Waals surface area contributed by atoms with Crippen molar-refractivity contribution in [2.45, 2.75) is 25.7 Å². The lowest BCUT2D eigenvalue weighted by Crippen LogP contribution is -2.13. The van der Waals surface area contributed by atoms with Crippen LogP contribution in [-0.4, -0.2) is 24.7 Å². The van der Waals surface area contributed by atoms with Crippen LogP contribution >= 0.6 is 11.3 Å². The first kappa shape index (κ1) is 14.5. The van der Waals surface area contributed by atoms with Gasteiger partial charge in [0.25, 0.3) is 10.0 Å². The molecule has 2 rings (SSSR count). The normalized spacial score (nSPS) is 11.6. The van der Waals surface area contributed by atoms with E-state index in [1.807, 2.05) is 0 Å². The Morgan fingerprint density at radius 1 is 1.40 bits per heavy atom. The second-order valence-corrected chi connectivity index (χ2v) is 7.07. The molecule has 20 heavy (non-hydrogen) atoms. The van der Waals surface area contributed by atoms with Crippen LogP contribution in [0.3, 0.4) is 0 Å². The quantitative estimate of drug-likeness (QED) is 0.894. The Balaban J connectivity index is 2.41. The summed E-state index contributed by atoms with van der Waals surface area (Å²) in [7, 11) is -3.90. The van der Waals surface area contributed by atoms with Crippen LogP contribution in [0.1, 0.15) is 25.8 Å². The van der Waals surface area contributed by atoms with Crippen molar-refractivity contribution in [3.8, 4) is 0 Å². The van der Waals surface area contributed by atoms with Gasteiger partial charge >= 0.3 is 5.97 Å². The third-order valence-electron chi connectivity index (χ3n) is 2.76. The second kappa shape index (κ2) is 4.91. The molecular formula is C11H12N2O5S2. The molecule has 2 aromatic heterocycles. The Labute approximate surface area is 119 Å². The summed E-state index contributed by atoms with van der Waals surface area (Å²) in [6, 6.07) is 1.13. The summed E-state index contributed by atoms with van der Waals surface area (Å²) >= 11 is 0.904. The Kier molecular flexibility index (Phi) is 3.57. The number of aromatic carboxylic acids is 1. The van der Waals surface area contributed by atoms with Crippen LogP contribution in [0.2, 0.25) is 0 Å². The first-order valence-corrected chi connectivity index (χ1v) is 7.81. The molecule has 0 saturated carbocycles. The van der Waals surface area contributed by atoms with Crippen molar-refractivity contribution < 1.29 is 22.8 Å². The molecule has 0 fully saturated rings. The van der Waals surface area contributed by atoms with Crippen LogP contribution in [0, 0.1) is 20.8 Å².